The van der Waals surface area contributed by atoms with Gasteiger partial charge in [0.25, 0.3) is 5.91 Å². The molecular formula is C12H14N4O2. The lowest BCUT2D eigenvalue weighted by Crippen LogP contribution is -2.12. The van der Waals surface area contributed by atoms with Crippen LogP contribution in [0.5, 0.6) is 5.75 Å². The Morgan fingerprint density at radius 1 is 1.56 bits per heavy atom. The number of aryl methyl sites for hydroxylation is 1. The number of nitrogens with one attached hydrogen (secondary N) is 1. The highest BCUT2D eigenvalue weighted by Crippen LogP contribution is 2.25. The van der Waals surface area contributed by atoms with Crippen molar-refractivity contribution in [3.05, 3.63) is 36.2 Å². The zero-order valence-electron chi connectivity index (χ0n) is 9.92. The summed E-state index contributed by atoms with van der Waals surface area (Å²) in [6.07, 6.45) is 3.26. The number of nitrogens with zero attached hydrogens (tertiary/aromatic N) is 2. The van der Waals surface area contributed by atoms with Crippen molar-refractivity contribution in [2.24, 2.45) is 0 Å². The lowest BCUT2D eigenvalue weighted by Gasteiger charge is -2.06. The number of nitrogen functional groups attached to an aromatic ring is 1. The van der Waals surface area contributed by atoms with E-state index in [0.29, 0.717) is 5.69 Å². The molecule has 1 heterocycles. The first-order valence-corrected chi connectivity index (χ1v) is 5.53. The van der Waals surface area contributed by atoms with Crippen molar-refractivity contribution in [1.82, 2.24) is 9.78 Å². The molecule has 2 rings (SSSR count). The lowest BCUT2D eigenvalue weighted by atomic mass is 10.1. The van der Waals surface area contributed by atoms with Crippen LogP contribution in [0.3, 0.4) is 0 Å². The van der Waals surface area contributed by atoms with Crippen LogP contribution in [0.1, 0.15) is 17.3 Å². The Morgan fingerprint density at radius 3 is 3.00 bits per heavy atom. The Kier molecular flexibility index (Phi) is 3.18. The number of aromatic nitrogens is 2. The van der Waals surface area contributed by atoms with Gasteiger partial charge in [-0.3, -0.25) is 9.48 Å². The summed E-state index contributed by atoms with van der Waals surface area (Å²) in [6, 6.07) is 4.64. The molecule has 0 spiro atoms. The van der Waals surface area contributed by atoms with Crippen LogP contribution in [-0.4, -0.2) is 20.8 Å². The van der Waals surface area contributed by atoms with E-state index in [9.17, 15) is 9.90 Å². The zero-order valence-corrected chi connectivity index (χ0v) is 9.92. The average molecular weight is 246 g/mol. The van der Waals surface area contributed by atoms with E-state index in [2.05, 4.69) is 10.4 Å². The minimum Gasteiger partial charge on any atom is -0.505 e. The van der Waals surface area contributed by atoms with Crippen molar-refractivity contribution in [3.63, 3.8) is 0 Å². The Morgan fingerprint density at radius 2 is 2.33 bits per heavy atom. The maximum atomic E-state index is 11.9. The number of carbonyl (C=O) groups is 1. The van der Waals surface area contributed by atoms with E-state index in [1.165, 1.54) is 12.1 Å². The summed E-state index contributed by atoms with van der Waals surface area (Å²) < 4.78 is 1.69. The summed E-state index contributed by atoms with van der Waals surface area (Å²) >= 11 is 0. The van der Waals surface area contributed by atoms with E-state index in [0.717, 1.165) is 6.54 Å². The fourth-order valence-corrected chi connectivity index (χ4v) is 1.54. The molecule has 0 aliphatic carbocycles. The Hall–Kier alpha value is -2.50. The van der Waals surface area contributed by atoms with Gasteiger partial charge in [-0.1, -0.05) is 6.07 Å². The quantitative estimate of drug-likeness (QED) is 0.564. The van der Waals surface area contributed by atoms with Gasteiger partial charge in [-0.2, -0.15) is 5.10 Å². The van der Waals surface area contributed by atoms with Crippen LogP contribution in [-0.2, 0) is 6.54 Å². The van der Waals surface area contributed by atoms with Gasteiger partial charge < -0.3 is 16.2 Å². The van der Waals surface area contributed by atoms with E-state index in [4.69, 9.17) is 5.73 Å². The number of phenolic OH excluding ortho intramolecular Hbond substituents is 1. The summed E-state index contributed by atoms with van der Waals surface area (Å²) in [5, 5.41) is 16.4. The van der Waals surface area contributed by atoms with Crippen molar-refractivity contribution >= 4 is 17.3 Å². The molecule has 2 aromatic rings. The van der Waals surface area contributed by atoms with Gasteiger partial charge in [-0.15, -0.1) is 0 Å². The molecular weight excluding hydrogens is 232 g/mol. The maximum absolute atomic E-state index is 11.9. The molecule has 6 heteroatoms. The van der Waals surface area contributed by atoms with E-state index in [1.807, 2.05) is 6.92 Å². The van der Waals surface area contributed by atoms with Gasteiger partial charge >= 0.3 is 0 Å². The standard InChI is InChI=1S/C12H14N4O2/c1-2-16-7-8(6-14-16)15-12(18)9-4-3-5-10(13)11(9)17/h3-7,17H,2,13H2,1H3,(H,15,18). The molecule has 1 aromatic heterocycles. The number of hydrogen-bond acceptors (Lipinski definition) is 4. The third-order valence-corrected chi connectivity index (χ3v) is 2.53. The number of rotatable bonds is 3. The second-order valence-electron chi connectivity index (χ2n) is 3.78. The number of para-hydroxylation sites is 1. The van der Waals surface area contributed by atoms with Crippen LogP contribution < -0.4 is 11.1 Å². The predicted molar refractivity (Wildman–Crippen MR) is 68.4 cm³/mol. The van der Waals surface area contributed by atoms with Crippen LogP contribution in [0.2, 0.25) is 0 Å². The number of phenols is 1. The SMILES string of the molecule is CCn1cc(NC(=O)c2cccc(N)c2O)cn1. The lowest BCUT2D eigenvalue weighted by molar-refractivity contribution is 0.102. The highest BCUT2D eigenvalue weighted by Gasteiger charge is 2.13. The number of carbonyl (C=O) groups excluding carboxylic acids is 1. The predicted octanol–water partition coefficient (Wildman–Crippen LogP) is 1.44. The third-order valence-electron chi connectivity index (χ3n) is 2.53. The van der Waals surface area contributed by atoms with Crippen LogP contribution in [0.4, 0.5) is 11.4 Å². The number of aromatic hydroxyl groups is 1. The Balaban J connectivity index is 2.19. The topological polar surface area (TPSA) is 93.2 Å². The molecule has 1 amide bonds. The first-order chi connectivity index (χ1) is 8.61. The molecule has 94 valence electrons. The van der Waals surface area contributed by atoms with Crippen LogP contribution in [0, 0.1) is 0 Å². The zero-order chi connectivity index (χ0) is 13.1. The molecule has 0 unspecified atom stereocenters. The van der Waals surface area contributed by atoms with Crippen molar-refractivity contribution in [2.75, 3.05) is 11.1 Å². The van der Waals surface area contributed by atoms with E-state index in [1.54, 1.807) is 23.1 Å². The number of hydrogen-bond donors (Lipinski definition) is 3. The largest absolute Gasteiger partial charge is 0.505 e. The van der Waals surface area contributed by atoms with Crippen molar-refractivity contribution in [3.8, 4) is 5.75 Å². The number of nitrogens with two attached hydrogens (primary N) is 1. The van der Waals surface area contributed by atoms with Crippen LogP contribution in [0.15, 0.2) is 30.6 Å². The number of anilines is 2. The first kappa shape index (κ1) is 12.0. The summed E-state index contributed by atoms with van der Waals surface area (Å²) in [4.78, 5) is 11.9. The molecule has 4 N–H and O–H groups in total. The molecule has 1 aromatic carbocycles. The number of benzene rings is 1. The number of amides is 1. The van der Waals surface area contributed by atoms with E-state index >= 15 is 0 Å². The Labute approximate surface area is 104 Å². The second-order valence-corrected chi connectivity index (χ2v) is 3.78. The molecule has 0 aliphatic heterocycles. The van der Waals surface area contributed by atoms with E-state index < -0.39 is 5.91 Å². The molecule has 18 heavy (non-hydrogen) atoms. The summed E-state index contributed by atoms with van der Waals surface area (Å²) in [6.45, 7) is 2.67. The monoisotopic (exact) mass is 246 g/mol. The highest BCUT2D eigenvalue weighted by molar-refractivity contribution is 6.06. The Bertz CT molecular complexity index is 577. The molecule has 0 aliphatic rings. The van der Waals surface area contributed by atoms with E-state index in [-0.39, 0.29) is 17.0 Å². The van der Waals surface area contributed by atoms with Crippen molar-refractivity contribution in [1.29, 1.82) is 0 Å². The van der Waals surface area contributed by atoms with Crippen LogP contribution >= 0.6 is 0 Å². The van der Waals surface area contributed by atoms with Gasteiger partial charge in [0.2, 0.25) is 0 Å². The first-order valence-electron chi connectivity index (χ1n) is 5.53. The highest BCUT2D eigenvalue weighted by atomic mass is 16.3. The molecule has 0 saturated carbocycles. The molecule has 0 radical (unpaired) electrons. The van der Waals surface area contributed by atoms with Gasteiger partial charge in [-0.25, -0.2) is 0 Å². The molecule has 0 fully saturated rings. The minimum atomic E-state index is -0.421. The maximum Gasteiger partial charge on any atom is 0.259 e. The van der Waals surface area contributed by atoms with Gasteiger partial charge in [0, 0.05) is 12.7 Å². The molecule has 0 bridgehead atoms. The fraction of sp³-hybridized carbons (Fsp3) is 0.167. The smallest absolute Gasteiger partial charge is 0.259 e. The summed E-state index contributed by atoms with van der Waals surface area (Å²) in [5.41, 5.74) is 6.42. The summed E-state index contributed by atoms with van der Waals surface area (Å²) in [5.74, 6) is -0.631. The molecule has 0 atom stereocenters. The third kappa shape index (κ3) is 2.27. The molecule has 6 nitrogen and oxygen atoms in total. The second kappa shape index (κ2) is 4.79. The fourth-order valence-electron chi connectivity index (χ4n) is 1.54. The average Bonchev–Trinajstić information content (AvgIpc) is 2.80. The molecule has 0 saturated heterocycles. The van der Waals surface area contributed by atoms with Gasteiger partial charge in [-0.05, 0) is 19.1 Å². The van der Waals surface area contributed by atoms with Crippen molar-refractivity contribution < 1.29 is 9.90 Å². The van der Waals surface area contributed by atoms with Gasteiger partial charge in [0.05, 0.1) is 23.1 Å². The van der Waals surface area contributed by atoms with Crippen LogP contribution in [0.25, 0.3) is 0 Å². The minimum absolute atomic E-state index is 0.138. The van der Waals surface area contributed by atoms with Gasteiger partial charge in [0.1, 0.15) is 0 Å². The summed E-state index contributed by atoms with van der Waals surface area (Å²) in [7, 11) is 0. The van der Waals surface area contributed by atoms with Gasteiger partial charge in [0.15, 0.2) is 5.75 Å². The normalized spacial score (nSPS) is 10.3. The van der Waals surface area contributed by atoms with Crippen molar-refractivity contribution in [2.45, 2.75) is 13.5 Å².